The van der Waals surface area contributed by atoms with Crippen molar-refractivity contribution in [2.45, 2.75) is 24.8 Å². The highest BCUT2D eigenvalue weighted by molar-refractivity contribution is 7.89. The molecule has 1 aliphatic rings. The standard InChI is InChI=1S/C10H15N3O3S/c1-2-8-7-13(6-4-9(8)14)17(15,16)10-3-5-11-12-10/h3,5,8H,2,4,6-7H2,1H3,(H,11,12). The number of nitrogens with one attached hydrogen (secondary N) is 1. The zero-order valence-corrected chi connectivity index (χ0v) is 10.4. The number of H-pyrrole nitrogens is 1. The van der Waals surface area contributed by atoms with Crippen molar-refractivity contribution in [2.75, 3.05) is 13.1 Å². The molecule has 0 amide bonds. The van der Waals surface area contributed by atoms with Gasteiger partial charge in [-0.2, -0.15) is 9.40 Å². The Morgan fingerprint density at radius 3 is 2.94 bits per heavy atom. The molecule has 1 aromatic rings. The summed E-state index contributed by atoms with van der Waals surface area (Å²) in [4.78, 5) is 11.5. The first-order chi connectivity index (χ1) is 8.05. The quantitative estimate of drug-likeness (QED) is 0.849. The van der Waals surface area contributed by atoms with E-state index in [0.717, 1.165) is 0 Å². The first-order valence-electron chi connectivity index (χ1n) is 5.58. The Balaban J connectivity index is 2.21. The lowest BCUT2D eigenvalue weighted by Crippen LogP contribution is -2.43. The van der Waals surface area contributed by atoms with Crippen LogP contribution in [0.4, 0.5) is 0 Å². The van der Waals surface area contributed by atoms with Crippen molar-refractivity contribution < 1.29 is 13.2 Å². The smallest absolute Gasteiger partial charge is 0.259 e. The van der Waals surface area contributed by atoms with Gasteiger partial charge in [0.1, 0.15) is 5.78 Å². The van der Waals surface area contributed by atoms with Gasteiger partial charge in [-0.3, -0.25) is 9.89 Å². The average molecular weight is 257 g/mol. The van der Waals surface area contributed by atoms with Crippen molar-refractivity contribution >= 4 is 15.8 Å². The molecular weight excluding hydrogens is 242 g/mol. The Kier molecular flexibility index (Phi) is 3.30. The van der Waals surface area contributed by atoms with Gasteiger partial charge in [-0.25, -0.2) is 8.42 Å². The van der Waals surface area contributed by atoms with Crippen LogP contribution in [0.5, 0.6) is 0 Å². The van der Waals surface area contributed by atoms with E-state index >= 15 is 0 Å². The molecule has 0 radical (unpaired) electrons. The van der Waals surface area contributed by atoms with Crippen LogP contribution in [0.3, 0.4) is 0 Å². The number of hydrogen-bond donors (Lipinski definition) is 1. The zero-order chi connectivity index (χ0) is 12.5. The summed E-state index contributed by atoms with van der Waals surface area (Å²) in [5.41, 5.74) is 0. The molecule has 1 N–H and O–H groups in total. The minimum atomic E-state index is -3.52. The second-order valence-electron chi connectivity index (χ2n) is 4.11. The fourth-order valence-electron chi connectivity index (χ4n) is 1.98. The predicted octanol–water partition coefficient (Wildman–Crippen LogP) is 0.399. The molecule has 6 nitrogen and oxygen atoms in total. The van der Waals surface area contributed by atoms with E-state index in [1.807, 2.05) is 6.92 Å². The van der Waals surface area contributed by atoms with Gasteiger partial charge in [0, 0.05) is 25.4 Å². The summed E-state index contributed by atoms with van der Waals surface area (Å²) in [5, 5.41) is 6.18. The van der Waals surface area contributed by atoms with Crippen LogP contribution in [-0.2, 0) is 14.8 Å². The number of sulfonamides is 1. The number of nitrogens with zero attached hydrogens (tertiary/aromatic N) is 2. The van der Waals surface area contributed by atoms with Crippen LogP contribution < -0.4 is 0 Å². The summed E-state index contributed by atoms with van der Waals surface area (Å²) in [6.45, 7) is 2.43. The topological polar surface area (TPSA) is 83.1 Å². The van der Waals surface area contributed by atoms with Gasteiger partial charge in [0.25, 0.3) is 10.0 Å². The number of hydrogen-bond acceptors (Lipinski definition) is 4. The molecule has 2 rings (SSSR count). The summed E-state index contributed by atoms with van der Waals surface area (Å²) in [5.74, 6) is -0.0231. The third-order valence-electron chi connectivity index (χ3n) is 3.07. The molecular formula is C10H15N3O3S. The number of rotatable bonds is 3. The van der Waals surface area contributed by atoms with Gasteiger partial charge in [0.2, 0.25) is 0 Å². The number of aromatic nitrogens is 2. The summed E-state index contributed by atoms with van der Waals surface area (Å²) >= 11 is 0. The van der Waals surface area contributed by atoms with Gasteiger partial charge in [-0.05, 0) is 12.5 Å². The van der Waals surface area contributed by atoms with E-state index in [1.54, 1.807) is 0 Å². The van der Waals surface area contributed by atoms with Gasteiger partial charge < -0.3 is 0 Å². The van der Waals surface area contributed by atoms with Crippen molar-refractivity contribution in [1.29, 1.82) is 0 Å². The molecule has 0 aromatic carbocycles. The maximum Gasteiger partial charge on any atom is 0.259 e. The van der Waals surface area contributed by atoms with E-state index in [0.29, 0.717) is 12.8 Å². The molecule has 0 spiro atoms. The molecule has 2 heterocycles. The number of aromatic amines is 1. The summed E-state index contributed by atoms with van der Waals surface area (Å²) < 4.78 is 25.7. The third kappa shape index (κ3) is 2.25. The van der Waals surface area contributed by atoms with Gasteiger partial charge in [-0.1, -0.05) is 6.92 Å². The highest BCUT2D eigenvalue weighted by Gasteiger charge is 2.34. The average Bonchev–Trinajstić information content (AvgIpc) is 2.83. The summed E-state index contributed by atoms with van der Waals surface area (Å²) in [7, 11) is -3.52. The molecule has 1 aliphatic heterocycles. The minimum Gasteiger partial charge on any atom is -0.299 e. The van der Waals surface area contributed by atoms with Crippen molar-refractivity contribution in [2.24, 2.45) is 5.92 Å². The minimum absolute atomic E-state index is 0.0849. The van der Waals surface area contributed by atoms with E-state index < -0.39 is 10.0 Å². The second-order valence-corrected chi connectivity index (χ2v) is 6.01. The molecule has 17 heavy (non-hydrogen) atoms. The number of carbonyl (C=O) groups is 1. The Morgan fingerprint density at radius 2 is 2.35 bits per heavy atom. The Hall–Kier alpha value is -1.21. The van der Waals surface area contributed by atoms with Crippen LogP contribution in [0.1, 0.15) is 19.8 Å². The first-order valence-corrected chi connectivity index (χ1v) is 7.02. The number of ketones is 1. The Bertz CT molecular complexity index is 495. The summed E-state index contributed by atoms with van der Waals surface area (Å²) in [6.07, 6.45) is 2.37. The number of Topliss-reactive ketones (excluding diaryl/α,β-unsaturated/α-hetero) is 1. The second kappa shape index (κ2) is 4.58. The monoisotopic (exact) mass is 257 g/mol. The molecule has 0 saturated carbocycles. The van der Waals surface area contributed by atoms with Crippen LogP contribution in [0.2, 0.25) is 0 Å². The first kappa shape index (κ1) is 12.3. The molecule has 1 atom stereocenters. The Morgan fingerprint density at radius 1 is 1.59 bits per heavy atom. The largest absolute Gasteiger partial charge is 0.299 e. The molecule has 1 saturated heterocycles. The number of carbonyl (C=O) groups excluding carboxylic acids is 1. The van der Waals surface area contributed by atoms with Crippen LogP contribution in [0, 0.1) is 5.92 Å². The molecule has 0 aliphatic carbocycles. The van der Waals surface area contributed by atoms with E-state index in [9.17, 15) is 13.2 Å². The maximum atomic E-state index is 12.2. The lowest BCUT2D eigenvalue weighted by molar-refractivity contribution is -0.125. The number of piperidine rings is 1. The van der Waals surface area contributed by atoms with Gasteiger partial charge >= 0.3 is 0 Å². The van der Waals surface area contributed by atoms with Crippen LogP contribution in [0.15, 0.2) is 17.3 Å². The van der Waals surface area contributed by atoms with Gasteiger partial charge in [0.05, 0.1) is 6.20 Å². The molecule has 7 heteroatoms. The Labute approximate surface area is 100 Å². The van der Waals surface area contributed by atoms with Crippen molar-refractivity contribution in [3.63, 3.8) is 0 Å². The van der Waals surface area contributed by atoms with E-state index in [2.05, 4.69) is 10.2 Å². The van der Waals surface area contributed by atoms with Crippen molar-refractivity contribution in [3.8, 4) is 0 Å². The zero-order valence-electron chi connectivity index (χ0n) is 9.59. The summed E-state index contributed by atoms with van der Waals surface area (Å²) in [6, 6.07) is 1.42. The third-order valence-corrected chi connectivity index (χ3v) is 4.87. The fraction of sp³-hybridized carbons (Fsp3) is 0.600. The highest BCUT2D eigenvalue weighted by atomic mass is 32.2. The molecule has 94 valence electrons. The highest BCUT2D eigenvalue weighted by Crippen LogP contribution is 2.22. The van der Waals surface area contributed by atoms with E-state index in [1.165, 1.54) is 16.6 Å². The lowest BCUT2D eigenvalue weighted by Gasteiger charge is -2.29. The van der Waals surface area contributed by atoms with Gasteiger partial charge in [0.15, 0.2) is 5.03 Å². The van der Waals surface area contributed by atoms with Crippen LogP contribution >= 0.6 is 0 Å². The fourth-order valence-corrected chi connectivity index (χ4v) is 3.37. The molecule has 1 aromatic heterocycles. The van der Waals surface area contributed by atoms with Crippen molar-refractivity contribution in [1.82, 2.24) is 14.5 Å². The van der Waals surface area contributed by atoms with E-state index in [4.69, 9.17) is 0 Å². The SMILES string of the molecule is CCC1CN(S(=O)(=O)c2ccn[nH]2)CCC1=O. The predicted molar refractivity (Wildman–Crippen MR) is 60.8 cm³/mol. The van der Waals surface area contributed by atoms with Gasteiger partial charge in [-0.15, -0.1) is 0 Å². The molecule has 1 unspecified atom stereocenters. The lowest BCUT2D eigenvalue weighted by atomic mass is 9.96. The van der Waals surface area contributed by atoms with Crippen molar-refractivity contribution in [3.05, 3.63) is 12.3 Å². The molecule has 0 bridgehead atoms. The normalized spacial score (nSPS) is 22.9. The van der Waals surface area contributed by atoms with Crippen LogP contribution in [0.25, 0.3) is 0 Å². The van der Waals surface area contributed by atoms with Crippen LogP contribution in [-0.4, -0.2) is 41.8 Å². The van der Waals surface area contributed by atoms with E-state index in [-0.39, 0.29) is 29.8 Å². The molecule has 1 fully saturated rings. The maximum absolute atomic E-state index is 12.2.